The molecule has 1 unspecified atom stereocenters. The molecule has 5 nitrogen and oxygen atoms in total. The van der Waals surface area contributed by atoms with Crippen LogP contribution >= 0.6 is 0 Å². The van der Waals surface area contributed by atoms with Gasteiger partial charge < -0.3 is 15.2 Å². The second-order valence-electron chi connectivity index (χ2n) is 3.12. The quantitative estimate of drug-likeness (QED) is 0.581. The van der Waals surface area contributed by atoms with E-state index in [1.807, 2.05) is 0 Å². The summed E-state index contributed by atoms with van der Waals surface area (Å²) in [5.74, 6) is -1.28. The molecular weight excluding hydrogens is 186 g/mol. The van der Waals surface area contributed by atoms with E-state index in [-0.39, 0.29) is 11.8 Å². The van der Waals surface area contributed by atoms with Crippen molar-refractivity contribution in [3.8, 4) is 0 Å². The zero-order valence-electron chi connectivity index (χ0n) is 8.58. The monoisotopic (exact) mass is 203 g/mol. The van der Waals surface area contributed by atoms with Gasteiger partial charge in [0.2, 0.25) is 5.91 Å². The lowest BCUT2D eigenvalue weighted by Gasteiger charge is -2.07. The number of carboxylic acid groups (broad SMARTS) is 1. The van der Waals surface area contributed by atoms with E-state index in [1.165, 1.54) is 6.92 Å². The van der Waals surface area contributed by atoms with Crippen LogP contribution < -0.4 is 5.32 Å². The Labute approximate surface area is 83.4 Å². The van der Waals surface area contributed by atoms with Gasteiger partial charge in [0, 0.05) is 20.1 Å². The molecule has 0 radical (unpaired) electrons. The minimum absolute atomic E-state index is 0.0903. The fourth-order valence-electron chi connectivity index (χ4n) is 0.785. The van der Waals surface area contributed by atoms with E-state index in [1.54, 1.807) is 6.92 Å². The summed E-state index contributed by atoms with van der Waals surface area (Å²) in [7, 11) is 0. The Morgan fingerprint density at radius 2 is 2.07 bits per heavy atom. The van der Waals surface area contributed by atoms with Gasteiger partial charge in [-0.05, 0) is 6.42 Å². The molecule has 0 aliphatic carbocycles. The Morgan fingerprint density at radius 3 is 2.57 bits per heavy atom. The molecule has 1 atom stereocenters. The lowest BCUT2D eigenvalue weighted by molar-refractivity contribution is -0.141. The molecule has 82 valence electrons. The van der Waals surface area contributed by atoms with Crippen molar-refractivity contribution in [2.24, 2.45) is 5.92 Å². The molecule has 0 saturated carbocycles. The first-order chi connectivity index (χ1) is 6.54. The average molecular weight is 203 g/mol. The summed E-state index contributed by atoms with van der Waals surface area (Å²) in [6.07, 6.45) is 0.495. The summed E-state index contributed by atoms with van der Waals surface area (Å²) in [4.78, 5) is 20.8. The van der Waals surface area contributed by atoms with E-state index >= 15 is 0 Å². The molecule has 2 N–H and O–H groups in total. The third-order valence-electron chi connectivity index (χ3n) is 1.74. The van der Waals surface area contributed by atoms with Crippen LogP contribution in [0, 0.1) is 5.92 Å². The predicted molar refractivity (Wildman–Crippen MR) is 50.9 cm³/mol. The summed E-state index contributed by atoms with van der Waals surface area (Å²) in [5, 5.41) is 11.1. The summed E-state index contributed by atoms with van der Waals surface area (Å²) in [6, 6.07) is 0. The minimum atomic E-state index is -0.810. The molecule has 0 aromatic heterocycles. The Balaban J connectivity index is 3.21. The number of carbonyl (C=O) groups is 2. The molecule has 1 amide bonds. The number of carboxylic acids is 1. The van der Waals surface area contributed by atoms with Crippen LogP contribution in [0.15, 0.2) is 0 Å². The van der Waals surface area contributed by atoms with Gasteiger partial charge in [-0.1, -0.05) is 6.92 Å². The lowest BCUT2D eigenvalue weighted by Crippen LogP contribution is -2.24. The van der Waals surface area contributed by atoms with Crippen molar-refractivity contribution < 1.29 is 19.4 Å². The highest BCUT2D eigenvalue weighted by Crippen LogP contribution is 2.00. The van der Waals surface area contributed by atoms with Crippen molar-refractivity contribution in [2.75, 3.05) is 19.8 Å². The van der Waals surface area contributed by atoms with E-state index < -0.39 is 5.97 Å². The van der Waals surface area contributed by atoms with Crippen molar-refractivity contribution >= 4 is 11.9 Å². The fraction of sp³-hybridized carbons (Fsp3) is 0.778. The molecule has 0 saturated heterocycles. The topological polar surface area (TPSA) is 75.6 Å². The molecule has 0 aromatic rings. The number of carbonyl (C=O) groups excluding carboxylic acids is 1. The van der Waals surface area contributed by atoms with E-state index in [4.69, 9.17) is 9.84 Å². The molecule has 5 heteroatoms. The Hall–Kier alpha value is -1.10. The molecule has 0 spiro atoms. The van der Waals surface area contributed by atoms with Gasteiger partial charge in [0.15, 0.2) is 0 Å². The molecule has 0 aliphatic rings. The highest BCUT2D eigenvalue weighted by molar-refractivity contribution is 5.72. The van der Waals surface area contributed by atoms with Crippen LogP contribution in [0.1, 0.15) is 20.3 Å². The summed E-state index contributed by atoms with van der Waals surface area (Å²) < 4.78 is 5.13. The maximum Gasteiger partial charge on any atom is 0.306 e. The Kier molecular flexibility index (Phi) is 6.74. The summed E-state index contributed by atoms with van der Waals surface area (Å²) >= 11 is 0. The molecule has 0 bridgehead atoms. The van der Waals surface area contributed by atoms with E-state index in [9.17, 15) is 9.59 Å². The van der Waals surface area contributed by atoms with Gasteiger partial charge >= 0.3 is 5.97 Å². The molecule has 0 fully saturated rings. The Bertz CT molecular complexity index is 193. The molecular formula is C9H17NO4. The number of hydrogen-bond donors (Lipinski definition) is 2. The van der Waals surface area contributed by atoms with Gasteiger partial charge in [0.1, 0.15) is 0 Å². The van der Waals surface area contributed by atoms with Crippen molar-refractivity contribution in [1.29, 1.82) is 0 Å². The number of nitrogens with one attached hydrogen (secondary N) is 1. The number of aliphatic carboxylic acids is 1. The molecule has 0 aliphatic heterocycles. The van der Waals surface area contributed by atoms with Gasteiger partial charge in [-0.15, -0.1) is 0 Å². The van der Waals surface area contributed by atoms with Crippen LogP contribution in [0.5, 0.6) is 0 Å². The largest absolute Gasteiger partial charge is 0.481 e. The van der Waals surface area contributed by atoms with Gasteiger partial charge in [0.05, 0.1) is 12.5 Å². The molecule has 14 heavy (non-hydrogen) atoms. The molecule has 0 heterocycles. The zero-order chi connectivity index (χ0) is 11.0. The molecule has 0 rings (SSSR count). The maximum atomic E-state index is 10.4. The SMILES string of the molecule is CC(=O)NCCOCCC(C)C(=O)O. The normalized spacial score (nSPS) is 12.1. The maximum absolute atomic E-state index is 10.4. The van der Waals surface area contributed by atoms with Gasteiger partial charge in [0.25, 0.3) is 0 Å². The Morgan fingerprint density at radius 1 is 1.43 bits per heavy atom. The lowest BCUT2D eigenvalue weighted by atomic mass is 10.1. The first-order valence-electron chi connectivity index (χ1n) is 4.59. The van der Waals surface area contributed by atoms with Crippen molar-refractivity contribution in [3.05, 3.63) is 0 Å². The van der Waals surface area contributed by atoms with E-state index in [0.29, 0.717) is 26.2 Å². The van der Waals surface area contributed by atoms with Crippen molar-refractivity contribution in [1.82, 2.24) is 5.32 Å². The van der Waals surface area contributed by atoms with Crippen LogP contribution in [0.25, 0.3) is 0 Å². The third-order valence-corrected chi connectivity index (χ3v) is 1.74. The van der Waals surface area contributed by atoms with Crippen LogP contribution in [0.2, 0.25) is 0 Å². The van der Waals surface area contributed by atoms with E-state index in [2.05, 4.69) is 5.32 Å². The highest BCUT2D eigenvalue weighted by atomic mass is 16.5. The van der Waals surface area contributed by atoms with Gasteiger partial charge in [-0.3, -0.25) is 9.59 Å². The summed E-state index contributed by atoms with van der Waals surface area (Å²) in [5.41, 5.74) is 0. The smallest absolute Gasteiger partial charge is 0.306 e. The number of ether oxygens (including phenoxy) is 1. The summed E-state index contributed by atoms with van der Waals surface area (Å²) in [6.45, 7) is 4.38. The first kappa shape index (κ1) is 12.9. The minimum Gasteiger partial charge on any atom is -0.481 e. The predicted octanol–water partition coefficient (Wildman–Crippen LogP) is 0.250. The van der Waals surface area contributed by atoms with Crippen LogP contribution in [-0.2, 0) is 14.3 Å². The van der Waals surface area contributed by atoms with Crippen molar-refractivity contribution in [2.45, 2.75) is 20.3 Å². The van der Waals surface area contributed by atoms with E-state index in [0.717, 1.165) is 0 Å². The van der Waals surface area contributed by atoms with Crippen molar-refractivity contribution in [3.63, 3.8) is 0 Å². The van der Waals surface area contributed by atoms with Crippen LogP contribution in [0.4, 0.5) is 0 Å². The number of rotatable bonds is 7. The molecule has 0 aromatic carbocycles. The second-order valence-corrected chi connectivity index (χ2v) is 3.12. The number of hydrogen-bond acceptors (Lipinski definition) is 3. The fourth-order valence-corrected chi connectivity index (χ4v) is 0.785. The third kappa shape index (κ3) is 7.54. The average Bonchev–Trinajstić information content (AvgIpc) is 2.09. The van der Waals surface area contributed by atoms with Gasteiger partial charge in [-0.2, -0.15) is 0 Å². The van der Waals surface area contributed by atoms with Crippen LogP contribution in [-0.4, -0.2) is 36.7 Å². The highest BCUT2D eigenvalue weighted by Gasteiger charge is 2.09. The van der Waals surface area contributed by atoms with Crippen LogP contribution in [0.3, 0.4) is 0 Å². The zero-order valence-corrected chi connectivity index (χ0v) is 8.58. The number of amides is 1. The first-order valence-corrected chi connectivity index (χ1v) is 4.59. The van der Waals surface area contributed by atoms with Gasteiger partial charge in [-0.25, -0.2) is 0 Å². The standard InChI is InChI=1S/C9H17NO4/c1-7(9(12)13)3-5-14-6-4-10-8(2)11/h7H,3-6H2,1-2H3,(H,10,11)(H,12,13). The second kappa shape index (κ2) is 7.32.